The van der Waals surface area contributed by atoms with E-state index in [0.29, 0.717) is 22.8 Å². The van der Waals surface area contributed by atoms with Gasteiger partial charge in [0.25, 0.3) is 0 Å². The van der Waals surface area contributed by atoms with Gasteiger partial charge in [-0.15, -0.1) is 0 Å². The van der Waals surface area contributed by atoms with E-state index in [4.69, 9.17) is 4.52 Å². The highest BCUT2D eigenvalue weighted by Crippen LogP contribution is 2.29. The minimum absolute atomic E-state index is 0.0634. The molecule has 1 atom stereocenters. The van der Waals surface area contributed by atoms with E-state index < -0.39 is 10.8 Å². The van der Waals surface area contributed by atoms with Crippen LogP contribution >= 0.6 is 0 Å². The normalized spacial score (nSPS) is 11.9. The van der Waals surface area contributed by atoms with Crippen molar-refractivity contribution in [2.24, 2.45) is 0 Å². The summed E-state index contributed by atoms with van der Waals surface area (Å²) < 4.78 is 18.0. The molecule has 150 valence electrons. The quantitative estimate of drug-likeness (QED) is 0.377. The molecule has 0 amide bonds. The maximum atomic E-state index is 12.9. The summed E-state index contributed by atoms with van der Waals surface area (Å²) in [6, 6.07) is 27.4. The molecular weight excluding hydrogens is 394 g/mol. The Morgan fingerprint density at radius 1 is 0.833 bits per heavy atom. The Hall–Kier alpha value is -3.31. The first-order valence-electron chi connectivity index (χ1n) is 9.66. The highest BCUT2D eigenvalue weighted by Gasteiger charge is 2.23. The van der Waals surface area contributed by atoms with Gasteiger partial charge in [0.15, 0.2) is 11.5 Å². The maximum absolute atomic E-state index is 12.9. The Kier molecular flexibility index (Phi) is 6.00. The molecule has 4 aromatic rings. The summed E-state index contributed by atoms with van der Waals surface area (Å²) >= 11 is 0. The first kappa shape index (κ1) is 20.0. The van der Waals surface area contributed by atoms with Crippen molar-refractivity contribution in [2.75, 3.05) is 5.75 Å². The summed E-state index contributed by atoms with van der Waals surface area (Å²) in [5, 5.41) is 3.99. The number of hydrogen-bond donors (Lipinski definition) is 0. The fourth-order valence-electron chi connectivity index (χ4n) is 3.37. The van der Waals surface area contributed by atoms with Crippen molar-refractivity contribution in [3.63, 3.8) is 0 Å². The van der Waals surface area contributed by atoms with Gasteiger partial charge in [0.1, 0.15) is 0 Å². The summed E-state index contributed by atoms with van der Waals surface area (Å²) in [6.45, 7) is 1.73. The molecule has 3 aromatic carbocycles. The third kappa shape index (κ3) is 4.47. The van der Waals surface area contributed by atoms with Crippen LogP contribution in [-0.2, 0) is 16.6 Å². The fraction of sp³-hybridized carbons (Fsp3) is 0.120. The van der Waals surface area contributed by atoms with E-state index in [-0.39, 0.29) is 11.5 Å². The van der Waals surface area contributed by atoms with Crippen molar-refractivity contribution in [1.82, 2.24) is 5.16 Å². The Balaban J connectivity index is 1.54. The van der Waals surface area contributed by atoms with Gasteiger partial charge in [0.05, 0.1) is 17.0 Å². The van der Waals surface area contributed by atoms with Crippen LogP contribution in [0, 0.1) is 6.92 Å². The number of aryl methyl sites for hydroxylation is 1. The Morgan fingerprint density at radius 3 is 2.07 bits per heavy atom. The lowest BCUT2D eigenvalue weighted by Gasteiger charge is -2.05. The van der Waals surface area contributed by atoms with Crippen LogP contribution in [0.5, 0.6) is 0 Å². The Bertz CT molecular complexity index is 1170. The summed E-state index contributed by atoms with van der Waals surface area (Å²) in [5.74, 6) is 0.489. The van der Waals surface area contributed by atoms with Crippen LogP contribution in [0.15, 0.2) is 89.5 Å². The molecule has 1 heterocycles. The standard InChI is InChI=1S/C25H21NO3S/c1-18-24(23(27)17-30(28)16-19-8-4-2-5-9-19)25(29-26-18)22-14-12-21(13-15-22)20-10-6-3-7-11-20/h2-15H,16-17H2,1H3. The molecule has 4 nitrogen and oxygen atoms in total. The predicted octanol–water partition coefficient (Wildman–Crippen LogP) is 5.45. The lowest BCUT2D eigenvalue weighted by Crippen LogP contribution is -2.13. The van der Waals surface area contributed by atoms with Crippen molar-refractivity contribution in [1.29, 1.82) is 0 Å². The lowest BCUT2D eigenvalue weighted by atomic mass is 10.0. The fourth-order valence-corrected chi connectivity index (χ4v) is 4.47. The van der Waals surface area contributed by atoms with Gasteiger partial charge in [0, 0.05) is 22.1 Å². The van der Waals surface area contributed by atoms with Gasteiger partial charge in [-0.2, -0.15) is 0 Å². The van der Waals surface area contributed by atoms with Crippen molar-refractivity contribution in [2.45, 2.75) is 12.7 Å². The minimum atomic E-state index is -1.31. The second-order valence-electron chi connectivity index (χ2n) is 7.05. The van der Waals surface area contributed by atoms with Gasteiger partial charge < -0.3 is 4.52 Å². The molecule has 0 spiro atoms. The second-order valence-corrected chi connectivity index (χ2v) is 8.51. The molecule has 0 aliphatic rings. The van der Waals surface area contributed by atoms with Crippen LogP contribution in [-0.4, -0.2) is 20.9 Å². The summed E-state index contributed by atoms with van der Waals surface area (Å²) in [7, 11) is -1.31. The van der Waals surface area contributed by atoms with E-state index in [1.54, 1.807) is 6.92 Å². The van der Waals surface area contributed by atoms with Gasteiger partial charge in [0.2, 0.25) is 0 Å². The SMILES string of the molecule is Cc1noc(-c2ccc(-c3ccccc3)cc2)c1C(=O)CS(=O)Cc1ccccc1. The molecule has 30 heavy (non-hydrogen) atoms. The number of aromatic nitrogens is 1. The molecule has 0 saturated carbocycles. The lowest BCUT2D eigenvalue weighted by molar-refractivity contribution is 0.102. The molecule has 0 fully saturated rings. The number of nitrogens with zero attached hydrogens (tertiary/aromatic N) is 1. The Morgan fingerprint density at radius 2 is 1.40 bits per heavy atom. The van der Waals surface area contributed by atoms with E-state index in [0.717, 1.165) is 22.3 Å². The van der Waals surface area contributed by atoms with Crippen molar-refractivity contribution >= 4 is 16.6 Å². The van der Waals surface area contributed by atoms with Crippen molar-refractivity contribution < 1.29 is 13.5 Å². The molecule has 0 saturated heterocycles. The van der Waals surface area contributed by atoms with Gasteiger partial charge in [-0.25, -0.2) is 0 Å². The molecule has 5 heteroatoms. The summed E-state index contributed by atoms with van der Waals surface area (Å²) in [6.07, 6.45) is 0. The first-order valence-corrected chi connectivity index (χ1v) is 11.1. The second kappa shape index (κ2) is 9.01. The Labute approximate surface area is 178 Å². The predicted molar refractivity (Wildman–Crippen MR) is 120 cm³/mol. The van der Waals surface area contributed by atoms with Crippen molar-refractivity contribution in [3.8, 4) is 22.5 Å². The first-order chi connectivity index (χ1) is 14.6. The van der Waals surface area contributed by atoms with Crippen LogP contribution in [0.3, 0.4) is 0 Å². The molecule has 4 rings (SSSR count). The molecule has 0 N–H and O–H groups in total. The number of carbonyl (C=O) groups excluding carboxylic acids is 1. The average molecular weight is 416 g/mol. The van der Waals surface area contributed by atoms with Crippen LogP contribution in [0.1, 0.15) is 21.6 Å². The monoisotopic (exact) mass is 415 g/mol. The number of rotatable bonds is 7. The molecular formula is C25H21NO3S. The smallest absolute Gasteiger partial charge is 0.181 e. The molecule has 1 unspecified atom stereocenters. The molecule has 0 aliphatic heterocycles. The molecule has 1 aromatic heterocycles. The zero-order valence-corrected chi connectivity index (χ0v) is 17.4. The van der Waals surface area contributed by atoms with Gasteiger partial charge in [-0.05, 0) is 23.6 Å². The number of benzene rings is 3. The molecule has 0 aliphatic carbocycles. The third-order valence-electron chi connectivity index (χ3n) is 4.86. The van der Waals surface area contributed by atoms with E-state index in [2.05, 4.69) is 5.16 Å². The van der Waals surface area contributed by atoms with Gasteiger partial charge in [-0.3, -0.25) is 9.00 Å². The highest BCUT2D eigenvalue weighted by atomic mass is 32.2. The van der Waals surface area contributed by atoms with Crippen molar-refractivity contribution in [3.05, 3.63) is 102 Å². The largest absolute Gasteiger partial charge is 0.355 e. The zero-order valence-electron chi connectivity index (χ0n) is 16.6. The molecule has 0 bridgehead atoms. The topological polar surface area (TPSA) is 60.2 Å². The zero-order chi connectivity index (χ0) is 20.9. The van der Waals surface area contributed by atoms with E-state index in [1.807, 2.05) is 84.9 Å². The van der Waals surface area contributed by atoms with Gasteiger partial charge >= 0.3 is 0 Å². The average Bonchev–Trinajstić information content (AvgIpc) is 3.16. The third-order valence-corrected chi connectivity index (χ3v) is 6.10. The van der Waals surface area contributed by atoms with E-state index in [1.165, 1.54) is 0 Å². The number of carbonyl (C=O) groups is 1. The van der Waals surface area contributed by atoms with Gasteiger partial charge in [-0.1, -0.05) is 90.1 Å². The molecule has 0 radical (unpaired) electrons. The number of ketones is 1. The number of hydrogen-bond acceptors (Lipinski definition) is 4. The summed E-state index contributed by atoms with van der Waals surface area (Å²) in [5.41, 5.74) is 4.83. The van der Waals surface area contributed by atoms with Crippen LogP contribution in [0.25, 0.3) is 22.5 Å². The maximum Gasteiger partial charge on any atom is 0.181 e. The minimum Gasteiger partial charge on any atom is -0.355 e. The van der Waals surface area contributed by atoms with Crippen LogP contribution < -0.4 is 0 Å². The number of Topliss-reactive ketones (excluding diaryl/α,β-unsaturated/α-hetero) is 1. The highest BCUT2D eigenvalue weighted by molar-refractivity contribution is 7.85. The van der Waals surface area contributed by atoms with Crippen LogP contribution in [0.4, 0.5) is 0 Å². The van der Waals surface area contributed by atoms with E-state index in [9.17, 15) is 9.00 Å². The van der Waals surface area contributed by atoms with Crippen LogP contribution in [0.2, 0.25) is 0 Å². The van der Waals surface area contributed by atoms with E-state index >= 15 is 0 Å². The summed E-state index contributed by atoms with van der Waals surface area (Å²) in [4.78, 5) is 12.9.